The van der Waals surface area contributed by atoms with Crippen LogP contribution in [0, 0.1) is 6.92 Å². The van der Waals surface area contributed by atoms with Gasteiger partial charge in [0.05, 0.1) is 6.21 Å². The lowest BCUT2D eigenvalue weighted by Crippen LogP contribution is -2.25. The Labute approximate surface area is 105 Å². The SMILES string of the molecule is Cc1ccc(Cl)c(/C=N/[S@+]([O-])C(C)(C)C)c1. The maximum absolute atomic E-state index is 11.7. The van der Waals surface area contributed by atoms with Gasteiger partial charge in [-0.05, 0) is 39.8 Å². The molecule has 0 N–H and O–H groups in total. The van der Waals surface area contributed by atoms with Crippen molar-refractivity contribution in [2.75, 3.05) is 0 Å². The normalized spacial score (nSPS) is 14.4. The highest BCUT2D eigenvalue weighted by Gasteiger charge is 2.25. The summed E-state index contributed by atoms with van der Waals surface area (Å²) in [6.07, 6.45) is 1.58. The van der Waals surface area contributed by atoms with Crippen molar-refractivity contribution in [3.8, 4) is 0 Å². The van der Waals surface area contributed by atoms with E-state index in [1.165, 1.54) is 0 Å². The molecular formula is C12H16ClNOS. The topological polar surface area (TPSA) is 35.4 Å². The van der Waals surface area contributed by atoms with Crippen LogP contribution in [0.4, 0.5) is 0 Å². The molecular weight excluding hydrogens is 242 g/mol. The Kier molecular flexibility index (Phi) is 4.42. The van der Waals surface area contributed by atoms with E-state index in [9.17, 15) is 4.55 Å². The quantitative estimate of drug-likeness (QED) is 0.590. The van der Waals surface area contributed by atoms with Crippen LogP contribution in [0.25, 0.3) is 0 Å². The molecule has 1 atom stereocenters. The molecule has 0 amide bonds. The number of rotatable bonds is 2. The van der Waals surface area contributed by atoms with Crippen LogP contribution < -0.4 is 0 Å². The largest absolute Gasteiger partial charge is 0.591 e. The summed E-state index contributed by atoms with van der Waals surface area (Å²) in [6, 6.07) is 5.67. The molecule has 0 saturated carbocycles. The van der Waals surface area contributed by atoms with Crippen molar-refractivity contribution in [3.05, 3.63) is 34.3 Å². The summed E-state index contributed by atoms with van der Waals surface area (Å²) in [5, 5.41) is 0.625. The molecule has 0 heterocycles. The number of halogens is 1. The van der Waals surface area contributed by atoms with Crippen molar-refractivity contribution < 1.29 is 4.55 Å². The molecule has 0 aliphatic rings. The van der Waals surface area contributed by atoms with Gasteiger partial charge in [0.2, 0.25) is 0 Å². The predicted molar refractivity (Wildman–Crippen MR) is 71.7 cm³/mol. The lowest BCUT2D eigenvalue weighted by molar-refractivity contribution is 0.562. The zero-order valence-corrected chi connectivity index (χ0v) is 11.5. The minimum atomic E-state index is -1.24. The summed E-state index contributed by atoms with van der Waals surface area (Å²) >= 11 is 4.76. The Bertz CT molecular complexity index is 398. The molecule has 2 nitrogen and oxygen atoms in total. The van der Waals surface area contributed by atoms with E-state index in [1.54, 1.807) is 6.21 Å². The van der Waals surface area contributed by atoms with Crippen LogP contribution in [0.2, 0.25) is 5.02 Å². The Morgan fingerprint density at radius 1 is 1.38 bits per heavy atom. The molecule has 88 valence electrons. The summed E-state index contributed by atoms with van der Waals surface area (Å²) in [5.74, 6) is 0. The third-order valence-electron chi connectivity index (χ3n) is 1.96. The van der Waals surface area contributed by atoms with Gasteiger partial charge in [0.15, 0.2) is 0 Å². The number of hydrogen-bond acceptors (Lipinski definition) is 2. The number of benzene rings is 1. The minimum Gasteiger partial charge on any atom is -0.591 e. The van der Waals surface area contributed by atoms with Gasteiger partial charge in [0.1, 0.15) is 16.1 Å². The van der Waals surface area contributed by atoms with Crippen LogP contribution >= 0.6 is 11.6 Å². The van der Waals surface area contributed by atoms with Crippen molar-refractivity contribution in [1.29, 1.82) is 0 Å². The van der Waals surface area contributed by atoms with Gasteiger partial charge in [-0.15, -0.1) is 0 Å². The predicted octanol–water partition coefficient (Wildman–Crippen LogP) is 3.53. The summed E-state index contributed by atoms with van der Waals surface area (Å²) in [6.45, 7) is 7.64. The fraction of sp³-hybridized carbons (Fsp3) is 0.417. The van der Waals surface area contributed by atoms with E-state index in [0.29, 0.717) is 5.02 Å². The van der Waals surface area contributed by atoms with Gasteiger partial charge in [-0.1, -0.05) is 27.6 Å². The average molecular weight is 258 g/mol. The van der Waals surface area contributed by atoms with Gasteiger partial charge in [0, 0.05) is 10.6 Å². The zero-order chi connectivity index (χ0) is 12.3. The van der Waals surface area contributed by atoms with E-state index in [2.05, 4.69) is 4.40 Å². The molecule has 16 heavy (non-hydrogen) atoms. The molecule has 1 aromatic carbocycles. The van der Waals surface area contributed by atoms with Crippen LogP contribution in [0.3, 0.4) is 0 Å². The summed E-state index contributed by atoms with van der Waals surface area (Å²) < 4.78 is 15.4. The van der Waals surface area contributed by atoms with Gasteiger partial charge < -0.3 is 4.55 Å². The molecule has 0 aromatic heterocycles. The maximum atomic E-state index is 11.7. The van der Waals surface area contributed by atoms with Crippen LogP contribution in [0.15, 0.2) is 22.6 Å². The van der Waals surface area contributed by atoms with Gasteiger partial charge >= 0.3 is 0 Å². The van der Waals surface area contributed by atoms with Crippen LogP contribution in [0.5, 0.6) is 0 Å². The van der Waals surface area contributed by atoms with Gasteiger partial charge in [-0.3, -0.25) is 0 Å². The first-order chi connectivity index (χ1) is 7.30. The zero-order valence-electron chi connectivity index (χ0n) is 9.95. The number of hydrogen-bond donors (Lipinski definition) is 0. The molecule has 0 radical (unpaired) electrons. The standard InChI is InChI=1S/C12H16ClNOS/c1-9-5-6-11(13)10(7-9)8-14-16(15)12(2,3)4/h5-8H,1-4H3/b14-8+/t16-/m1/s1. The molecule has 0 bridgehead atoms. The lowest BCUT2D eigenvalue weighted by Gasteiger charge is -2.17. The first kappa shape index (κ1) is 13.6. The van der Waals surface area contributed by atoms with E-state index in [4.69, 9.17) is 11.6 Å². The smallest absolute Gasteiger partial charge is 0.144 e. The second kappa shape index (κ2) is 5.21. The second-order valence-electron chi connectivity index (χ2n) is 4.62. The molecule has 0 aliphatic carbocycles. The highest BCUT2D eigenvalue weighted by molar-refractivity contribution is 7.91. The highest BCUT2D eigenvalue weighted by Crippen LogP contribution is 2.19. The Morgan fingerprint density at radius 2 is 2.00 bits per heavy atom. The molecule has 0 fully saturated rings. The van der Waals surface area contributed by atoms with Crippen LogP contribution in [-0.4, -0.2) is 15.5 Å². The molecule has 0 aliphatic heterocycles. The molecule has 1 aromatic rings. The van der Waals surface area contributed by atoms with Crippen molar-refractivity contribution in [3.63, 3.8) is 0 Å². The first-order valence-corrected chi connectivity index (χ1v) is 6.51. The van der Waals surface area contributed by atoms with Crippen molar-refractivity contribution in [2.45, 2.75) is 32.4 Å². The highest BCUT2D eigenvalue weighted by atomic mass is 35.5. The first-order valence-electron chi connectivity index (χ1n) is 5.03. The molecule has 0 spiro atoms. The third-order valence-corrected chi connectivity index (χ3v) is 3.65. The minimum absolute atomic E-state index is 0.340. The van der Waals surface area contributed by atoms with Crippen molar-refractivity contribution in [2.24, 2.45) is 4.40 Å². The van der Waals surface area contributed by atoms with Crippen molar-refractivity contribution in [1.82, 2.24) is 0 Å². The van der Waals surface area contributed by atoms with E-state index in [-0.39, 0.29) is 4.75 Å². The monoisotopic (exact) mass is 257 g/mol. The summed E-state index contributed by atoms with van der Waals surface area (Å²) in [4.78, 5) is 0. The number of nitrogens with zero attached hydrogens (tertiary/aromatic N) is 1. The van der Waals surface area contributed by atoms with E-state index < -0.39 is 11.4 Å². The maximum Gasteiger partial charge on any atom is 0.144 e. The van der Waals surface area contributed by atoms with E-state index in [1.807, 2.05) is 45.9 Å². The van der Waals surface area contributed by atoms with Gasteiger partial charge in [-0.25, -0.2) is 0 Å². The van der Waals surface area contributed by atoms with Crippen LogP contribution in [-0.2, 0) is 11.4 Å². The molecule has 0 unspecified atom stereocenters. The van der Waals surface area contributed by atoms with E-state index >= 15 is 0 Å². The average Bonchev–Trinajstić information content (AvgIpc) is 2.17. The van der Waals surface area contributed by atoms with Crippen molar-refractivity contribution >= 4 is 29.2 Å². The van der Waals surface area contributed by atoms with Gasteiger partial charge in [-0.2, -0.15) is 0 Å². The number of aryl methyl sites for hydroxylation is 1. The molecule has 1 rings (SSSR count). The lowest BCUT2D eigenvalue weighted by atomic mass is 10.1. The van der Waals surface area contributed by atoms with Crippen LogP contribution in [0.1, 0.15) is 31.9 Å². The van der Waals surface area contributed by atoms with E-state index in [0.717, 1.165) is 11.1 Å². The Morgan fingerprint density at radius 3 is 2.56 bits per heavy atom. The Balaban J connectivity index is 2.88. The third kappa shape index (κ3) is 3.81. The summed E-state index contributed by atoms with van der Waals surface area (Å²) in [7, 11) is 0. The molecule has 0 saturated heterocycles. The van der Waals surface area contributed by atoms with Gasteiger partial charge in [0.25, 0.3) is 0 Å². The summed E-state index contributed by atoms with van der Waals surface area (Å²) in [5.41, 5.74) is 1.91. The fourth-order valence-electron chi connectivity index (χ4n) is 1.02. The second-order valence-corrected chi connectivity index (χ2v) is 6.96. The Hall–Kier alpha value is -0.510. The molecule has 4 heteroatoms. The fourth-order valence-corrected chi connectivity index (χ4v) is 1.72.